The number of aromatic nitrogens is 3. The molecule has 1 aromatic rings. The summed E-state index contributed by atoms with van der Waals surface area (Å²) < 4.78 is 1.89. The summed E-state index contributed by atoms with van der Waals surface area (Å²) in [5, 5.41) is 17.6. The van der Waals surface area contributed by atoms with Gasteiger partial charge in [-0.1, -0.05) is 31.4 Å². The second-order valence-electron chi connectivity index (χ2n) is 6.39. The summed E-state index contributed by atoms with van der Waals surface area (Å²) in [4.78, 5) is 2.61. The molecule has 0 aromatic carbocycles. The number of aliphatic hydroxyl groups is 1. The molecule has 2 heterocycles. The van der Waals surface area contributed by atoms with Crippen molar-refractivity contribution in [2.45, 2.75) is 65.0 Å². The second kappa shape index (κ2) is 8.49. The van der Waals surface area contributed by atoms with Gasteiger partial charge in [0.25, 0.3) is 0 Å². The van der Waals surface area contributed by atoms with Crippen LogP contribution in [-0.2, 0) is 6.54 Å². The first-order valence-electron chi connectivity index (χ1n) is 8.49. The number of hydrogen-bond donors (Lipinski definition) is 1. The fourth-order valence-electron chi connectivity index (χ4n) is 3.01. The van der Waals surface area contributed by atoms with Crippen molar-refractivity contribution in [3.8, 4) is 0 Å². The van der Waals surface area contributed by atoms with E-state index in [1.807, 2.05) is 10.9 Å². The monoisotopic (exact) mass is 294 g/mol. The van der Waals surface area contributed by atoms with Crippen LogP contribution in [0.15, 0.2) is 6.20 Å². The Morgan fingerprint density at radius 2 is 2.05 bits per heavy atom. The van der Waals surface area contributed by atoms with Crippen molar-refractivity contribution in [2.24, 2.45) is 5.92 Å². The van der Waals surface area contributed by atoms with E-state index in [0.717, 1.165) is 6.54 Å². The Kier molecular flexibility index (Phi) is 6.64. The van der Waals surface area contributed by atoms with E-state index in [1.165, 1.54) is 58.2 Å². The second-order valence-corrected chi connectivity index (χ2v) is 6.39. The summed E-state index contributed by atoms with van der Waals surface area (Å²) in [6.45, 7) is 8.62. The molecule has 1 aliphatic heterocycles. The third-order valence-electron chi connectivity index (χ3n) is 4.46. The number of aliphatic hydroxyl groups excluding tert-OH is 1. The first-order valence-corrected chi connectivity index (χ1v) is 8.49. The van der Waals surface area contributed by atoms with Gasteiger partial charge < -0.3 is 10.0 Å². The largest absolute Gasteiger partial charge is 0.387 e. The van der Waals surface area contributed by atoms with Crippen LogP contribution in [0.4, 0.5) is 0 Å². The molecule has 0 unspecified atom stereocenters. The summed E-state index contributed by atoms with van der Waals surface area (Å²) in [6.07, 6.45) is 9.25. The molecule has 0 spiro atoms. The van der Waals surface area contributed by atoms with E-state index in [-0.39, 0.29) is 0 Å². The van der Waals surface area contributed by atoms with Gasteiger partial charge in [-0.05, 0) is 51.7 Å². The van der Waals surface area contributed by atoms with Crippen LogP contribution in [0.2, 0.25) is 0 Å². The Balaban J connectivity index is 1.66. The smallest absolute Gasteiger partial charge is 0.111 e. The molecule has 1 atom stereocenters. The maximum Gasteiger partial charge on any atom is 0.111 e. The molecule has 1 fully saturated rings. The normalized spacial score (nSPS) is 19.0. The fraction of sp³-hybridized carbons (Fsp3) is 0.875. The Morgan fingerprint density at radius 3 is 2.67 bits per heavy atom. The summed E-state index contributed by atoms with van der Waals surface area (Å²) in [7, 11) is 0. The van der Waals surface area contributed by atoms with E-state index in [2.05, 4.69) is 22.1 Å². The van der Waals surface area contributed by atoms with Crippen molar-refractivity contribution in [1.82, 2.24) is 19.9 Å². The van der Waals surface area contributed by atoms with E-state index in [0.29, 0.717) is 11.6 Å². The van der Waals surface area contributed by atoms with Crippen molar-refractivity contribution in [3.63, 3.8) is 0 Å². The molecule has 0 bridgehead atoms. The molecule has 0 saturated carbocycles. The summed E-state index contributed by atoms with van der Waals surface area (Å²) >= 11 is 0. The minimum absolute atomic E-state index is 0.524. The number of likely N-dealkylation sites (tertiary alicyclic amines) is 1. The summed E-state index contributed by atoms with van der Waals surface area (Å²) in [5.41, 5.74) is 0.670. The lowest BCUT2D eigenvalue weighted by molar-refractivity contribution is 0.168. The van der Waals surface area contributed by atoms with Gasteiger partial charge >= 0.3 is 0 Å². The zero-order valence-corrected chi connectivity index (χ0v) is 13.5. The van der Waals surface area contributed by atoms with E-state index in [4.69, 9.17) is 0 Å². The maximum absolute atomic E-state index is 9.48. The number of nitrogens with zero attached hydrogens (tertiary/aromatic N) is 4. The highest BCUT2D eigenvalue weighted by molar-refractivity contribution is 4.95. The van der Waals surface area contributed by atoms with Gasteiger partial charge in [0.15, 0.2) is 0 Å². The van der Waals surface area contributed by atoms with Crippen molar-refractivity contribution in [3.05, 3.63) is 11.9 Å². The molecule has 0 aliphatic carbocycles. The van der Waals surface area contributed by atoms with Gasteiger partial charge in [-0.15, -0.1) is 5.10 Å². The predicted octanol–water partition coefficient (Wildman–Crippen LogP) is 2.62. The average Bonchev–Trinajstić information content (AvgIpc) is 2.94. The van der Waals surface area contributed by atoms with Crippen LogP contribution in [0.1, 0.15) is 64.2 Å². The predicted molar refractivity (Wildman–Crippen MR) is 84.0 cm³/mol. The van der Waals surface area contributed by atoms with Crippen molar-refractivity contribution >= 4 is 0 Å². The Labute approximate surface area is 128 Å². The van der Waals surface area contributed by atoms with E-state index >= 15 is 0 Å². The number of unbranched alkanes of at least 4 members (excludes halogenated alkanes) is 3. The summed E-state index contributed by atoms with van der Waals surface area (Å²) in [6, 6.07) is 0. The highest BCUT2D eigenvalue weighted by Crippen LogP contribution is 2.20. The van der Waals surface area contributed by atoms with Crippen LogP contribution in [0, 0.1) is 5.92 Å². The zero-order valence-electron chi connectivity index (χ0n) is 13.5. The topological polar surface area (TPSA) is 54.2 Å². The minimum atomic E-state index is -0.524. The Hall–Kier alpha value is -0.940. The Bertz CT molecular complexity index is 397. The molecule has 21 heavy (non-hydrogen) atoms. The Morgan fingerprint density at radius 1 is 1.29 bits per heavy atom. The third-order valence-corrected chi connectivity index (χ3v) is 4.46. The molecule has 2 rings (SSSR count). The molecule has 0 radical (unpaired) electrons. The van der Waals surface area contributed by atoms with Gasteiger partial charge in [0.2, 0.25) is 0 Å². The zero-order chi connectivity index (χ0) is 15.1. The van der Waals surface area contributed by atoms with Gasteiger partial charge in [-0.25, -0.2) is 0 Å². The molecule has 5 heteroatoms. The molecule has 0 amide bonds. The highest BCUT2D eigenvalue weighted by atomic mass is 16.3. The van der Waals surface area contributed by atoms with Gasteiger partial charge in [-0.3, -0.25) is 4.68 Å². The van der Waals surface area contributed by atoms with Crippen LogP contribution in [0.25, 0.3) is 0 Å². The van der Waals surface area contributed by atoms with Gasteiger partial charge in [-0.2, -0.15) is 0 Å². The highest BCUT2D eigenvalue weighted by Gasteiger charge is 2.20. The van der Waals surface area contributed by atoms with Crippen LogP contribution in [0.3, 0.4) is 0 Å². The molecule has 1 saturated heterocycles. The maximum atomic E-state index is 9.48. The van der Waals surface area contributed by atoms with Gasteiger partial charge in [0.05, 0.1) is 12.3 Å². The standard InChI is InChI=1S/C16H30N4O/c1-3-4-5-6-9-19-10-7-15(8-11-19)12-20-13-16(14(2)21)17-18-20/h13-15,21H,3-12H2,1-2H3/t14-/m1/s1. The molecular formula is C16H30N4O. The van der Waals surface area contributed by atoms with Crippen molar-refractivity contribution in [1.29, 1.82) is 0 Å². The van der Waals surface area contributed by atoms with E-state index < -0.39 is 6.10 Å². The average molecular weight is 294 g/mol. The van der Waals surface area contributed by atoms with Crippen LogP contribution in [0.5, 0.6) is 0 Å². The van der Waals surface area contributed by atoms with E-state index in [1.54, 1.807) is 6.92 Å². The third kappa shape index (κ3) is 5.40. The van der Waals surface area contributed by atoms with Crippen molar-refractivity contribution in [2.75, 3.05) is 19.6 Å². The lowest BCUT2D eigenvalue weighted by atomic mass is 9.96. The molecule has 1 N–H and O–H groups in total. The molecule has 1 aliphatic rings. The fourth-order valence-corrected chi connectivity index (χ4v) is 3.01. The van der Waals surface area contributed by atoms with Crippen LogP contribution < -0.4 is 0 Å². The molecule has 5 nitrogen and oxygen atoms in total. The SMILES string of the molecule is CCCCCCN1CCC(Cn2cc([C@@H](C)O)nn2)CC1. The van der Waals surface area contributed by atoms with Gasteiger partial charge in [0.1, 0.15) is 5.69 Å². The quantitative estimate of drug-likeness (QED) is 0.749. The molecule has 1 aromatic heterocycles. The minimum Gasteiger partial charge on any atom is -0.387 e. The number of hydrogen-bond acceptors (Lipinski definition) is 4. The lowest BCUT2D eigenvalue weighted by Crippen LogP contribution is -2.35. The van der Waals surface area contributed by atoms with Crippen LogP contribution >= 0.6 is 0 Å². The van der Waals surface area contributed by atoms with Crippen LogP contribution in [-0.4, -0.2) is 44.6 Å². The van der Waals surface area contributed by atoms with E-state index in [9.17, 15) is 5.11 Å². The van der Waals surface area contributed by atoms with Gasteiger partial charge in [0, 0.05) is 6.54 Å². The molecule has 120 valence electrons. The number of rotatable bonds is 8. The lowest BCUT2D eigenvalue weighted by Gasteiger charge is -2.31. The summed E-state index contributed by atoms with van der Waals surface area (Å²) in [5.74, 6) is 0.695. The van der Waals surface area contributed by atoms with Crippen molar-refractivity contribution < 1.29 is 5.11 Å². The molecular weight excluding hydrogens is 264 g/mol. The first kappa shape index (κ1) is 16.4. The first-order chi connectivity index (χ1) is 10.2. The number of piperidine rings is 1.